The zero-order valence-electron chi connectivity index (χ0n) is 12.0. The highest BCUT2D eigenvalue weighted by atomic mass is 16.5. The lowest BCUT2D eigenvalue weighted by molar-refractivity contribution is -0.114. The monoisotopic (exact) mass is 242 g/mol. The van der Waals surface area contributed by atoms with E-state index in [1.165, 1.54) is 12.8 Å². The first kappa shape index (κ1) is 14.9. The molecule has 1 fully saturated rings. The lowest BCUT2D eigenvalue weighted by atomic mass is 9.64. The number of hydrogen-bond acceptors (Lipinski definition) is 3. The minimum absolute atomic E-state index is 0.265. The van der Waals surface area contributed by atoms with Gasteiger partial charge in [-0.1, -0.05) is 27.2 Å². The summed E-state index contributed by atoms with van der Waals surface area (Å²) >= 11 is 0. The van der Waals surface area contributed by atoms with E-state index in [1.54, 1.807) is 0 Å². The fraction of sp³-hybridized carbons (Fsp3) is 1.00. The van der Waals surface area contributed by atoms with Crippen molar-refractivity contribution >= 4 is 0 Å². The van der Waals surface area contributed by atoms with Gasteiger partial charge in [0.05, 0.1) is 6.10 Å². The summed E-state index contributed by atoms with van der Waals surface area (Å²) in [6, 6.07) is 0.588. The first-order chi connectivity index (χ1) is 8.06. The summed E-state index contributed by atoms with van der Waals surface area (Å²) in [6.07, 6.45) is 4.02. The molecule has 1 aliphatic carbocycles. The quantitative estimate of drug-likeness (QED) is 0.685. The largest absolute Gasteiger partial charge is 0.378 e. The Labute approximate surface area is 106 Å². The van der Waals surface area contributed by atoms with Crippen molar-refractivity contribution in [1.82, 2.24) is 5.32 Å². The number of rotatable bonds is 8. The van der Waals surface area contributed by atoms with Crippen LogP contribution in [0.1, 0.15) is 47.0 Å². The van der Waals surface area contributed by atoms with Gasteiger partial charge in [0.25, 0.3) is 0 Å². The lowest BCUT2D eigenvalue weighted by Crippen LogP contribution is -2.61. The van der Waals surface area contributed by atoms with Crippen molar-refractivity contribution < 1.29 is 4.74 Å². The maximum Gasteiger partial charge on any atom is 0.0655 e. The van der Waals surface area contributed by atoms with Crippen LogP contribution >= 0.6 is 0 Å². The van der Waals surface area contributed by atoms with E-state index in [4.69, 9.17) is 10.5 Å². The van der Waals surface area contributed by atoms with Crippen molar-refractivity contribution in [3.05, 3.63) is 0 Å². The van der Waals surface area contributed by atoms with Crippen LogP contribution in [0.4, 0.5) is 0 Å². The molecule has 17 heavy (non-hydrogen) atoms. The van der Waals surface area contributed by atoms with Gasteiger partial charge in [0.2, 0.25) is 0 Å². The molecule has 3 atom stereocenters. The molecule has 0 radical (unpaired) electrons. The highest BCUT2D eigenvalue weighted by molar-refractivity contribution is 5.02. The van der Waals surface area contributed by atoms with Crippen molar-refractivity contribution in [3.63, 3.8) is 0 Å². The molecule has 3 heteroatoms. The summed E-state index contributed by atoms with van der Waals surface area (Å²) < 4.78 is 5.74. The number of nitrogens with two attached hydrogens (primary N) is 1. The van der Waals surface area contributed by atoms with Crippen LogP contribution < -0.4 is 11.1 Å². The molecule has 3 nitrogen and oxygen atoms in total. The second-order valence-electron chi connectivity index (χ2n) is 5.85. The van der Waals surface area contributed by atoms with Crippen molar-refractivity contribution in [2.45, 2.75) is 59.1 Å². The van der Waals surface area contributed by atoms with Crippen LogP contribution in [0.2, 0.25) is 0 Å². The highest BCUT2D eigenvalue weighted by Crippen LogP contribution is 2.42. The molecule has 1 rings (SSSR count). The number of hydrogen-bond donors (Lipinski definition) is 2. The third-order valence-electron chi connectivity index (χ3n) is 4.23. The van der Waals surface area contributed by atoms with Gasteiger partial charge in [0, 0.05) is 18.1 Å². The van der Waals surface area contributed by atoms with Crippen molar-refractivity contribution in [3.8, 4) is 0 Å². The standard InChI is InChI=1S/C14H30N2O/c1-5-7-11(9-15)10-16-12-8-13(17-6-2)14(12,3)4/h11-13,16H,5-10,15H2,1-4H3. The maximum absolute atomic E-state index is 5.78. The molecule has 1 aliphatic rings. The molecule has 0 aromatic carbocycles. The van der Waals surface area contributed by atoms with Crippen LogP contribution in [-0.2, 0) is 4.74 Å². The Balaban J connectivity index is 2.29. The average Bonchev–Trinajstić information content (AvgIpc) is 2.31. The summed E-state index contributed by atoms with van der Waals surface area (Å²) in [4.78, 5) is 0. The van der Waals surface area contributed by atoms with Crippen LogP contribution in [-0.4, -0.2) is 31.8 Å². The van der Waals surface area contributed by atoms with Crippen LogP contribution in [0.15, 0.2) is 0 Å². The Morgan fingerprint density at radius 2 is 2.12 bits per heavy atom. The fourth-order valence-corrected chi connectivity index (χ4v) is 2.74. The van der Waals surface area contributed by atoms with Crippen LogP contribution in [0.25, 0.3) is 0 Å². The maximum atomic E-state index is 5.78. The van der Waals surface area contributed by atoms with E-state index in [0.29, 0.717) is 18.1 Å². The van der Waals surface area contributed by atoms with E-state index in [-0.39, 0.29) is 5.41 Å². The molecule has 3 N–H and O–H groups in total. The molecule has 0 saturated heterocycles. The second-order valence-corrected chi connectivity index (χ2v) is 5.85. The summed E-state index contributed by atoms with van der Waals surface area (Å²) in [5, 5.41) is 3.67. The fourth-order valence-electron chi connectivity index (χ4n) is 2.74. The molecule has 0 heterocycles. The first-order valence-electron chi connectivity index (χ1n) is 7.11. The Bertz CT molecular complexity index is 218. The predicted octanol–water partition coefficient (Wildman–Crippen LogP) is 2.15. The Morgan fingerprint density at radius 3 is 2.59 bits per heavy atom. The summed E-state index contributed by atoms with van der Waals surface area (Å²) in [6.45, 7) is 11.6. The van der Waals surface area contributed by atoms with Gasteiger partial charge in [-0.3, -0.25) is 0 Å². The molecule has 0 amide bonds. The third-order valence-corrected chi connectivity index (χ3v) is 4.23. The minimum Gasteiger partial charge on any atom is -0.378 e. The Morgan fingerprint density at radius 1 is 1.41 bits per heavy atom. The summed E-state index contributed by atoms with van der Waals surface area (Å²) in [5.41, 5.74) is 6.05. The normalized spacial score (nSPS) is 28.8. The molecule has 0 aliphatic heterocycles. The average molecular weight is 242 g/mol. The predicted molar refractivity (Wildman–Crippen MR) is 73.1 cm³/mol. The van der Waals surface area contributed by atoms with E-state index in [1.807, 2.05) is 0 Å². The van der Waals surface area contributed by atoms with Crippen molar-refractivity contribution in [1.29, 1.82) is 0 Å². The first-order valence-corrected chi connectivity index (χ1v) is 7.11. The summed E-state index contributed by atoms with van der Waals surface area (Å²) in [7, 11) is 0. The van der Waals surface area contributed by atoms with Gasteiger partial charge in [0.1, 0.15) is 0 Å². The van der Waals surface area contributed by atoms with Crippen molar-refractivity contribution in [2.75, 3.05) is 19.7 Å². The zero-order valence-corrected chi connectivity index (χ0v) is 12.0. The van der Waals surface area contributed by atoms with Gasteiger partial charge < -0.3 is 15.8 Å². The third kappa shape index (κ3) is 3.67. The summed E-state index contributed by atoms with van der Waals surface area (Å²) in [5.74, 6) is 0.627. The van der Waals surface area contributed by atoms with Gasteiger partial charge in [-0.2, -0.15) is 0 Å². The van der Waals surface area contributed by atoms with Crippen LogP contribution in [0, 0.1) is 11.3 Å². The molecule has 0 spiro atoms. The van der Waals surface area contributed by atoms with E-state index >= 15 is 0 Å². The van der Waals surface area contributed by atoms with Gasteiger partial charge in [0.15, 0.2) is 0 Å². The van der Waals surface area contributed by atoms with Gasteiger partial charge >= 0.3 is 0 Å². The second kappa shape index (κ2) is 6.72. The van der Waals surface area contributed by atoms with Gasteiger partial charge in [-0.15, -0.1) is 0 Å². The smallest absolute Gasteiger partial charge is 0.0655 e. The van der Waals surface area contributed by atoms with E-state index in [9.17, 15) is 0 Å². The minimum atomic E-state index is 0.265. The lowest BCUT2D eigenvalue weighted by Gasteiger charge is -2.52. The highest BCUT2D eigenvalue weighted by Gasteiger charge is 2.48. The number of ether oxygens (including phenoxy) is 1. The molecular formula is C14H30N2O. The molecule has 0 aromatic rings. The molecular weight excluding hydrogens is 212 g/mol. The van der Waals surface area contributed by atoms with E-state index < -0.39 is 0 Å². The van der Waals surface area contributed by atoms with Crippen LogP contribution in [0.3, 0.4) is 0 Å². The zero-order chi connectivity index (χ0) is 12.9. The Kier molecular flexibility index (Phi) is 5.90. The molecule has 1 saturated carbocycles. The van der Waals surface area contributed by atoms with Crippen LogP contribution in [0.5, 0.6) is 0 Å². The van der Waals surface area contributed by atoms with Crippen molar-refractivity contribution in [2.24, 2.45) is 17.1 Å². The number of nitrogens with one attached hydrogen (secondary N) is 1. The molecule has 3 unspecified atom stereocenters. The molecule has 0 bridgehead atoms. The molecule has 102 valence electrons. The van der Waals surface area contributed by atoms with Gasteiger partial charge in [-0.05, 0) is 38.8 Å². The Hall–Kier alpha value is -0.120. The van der Waals surface area contributed by atoms with E-state index in [0.717, 1.165) is 26.1 Å². The SMILES string of the molecule is CCCC(CN)CNC1CC(OCC)C1(C)C. The van der Waals surface area contributed by atoms with Gasteiger partial charge in [-0.25, -0.2) is 0 Å². The topological polar surface area (TPSA) is 47.3 Å². The van der Waals surface area contributed by atoms with E-state index in [2.05, 4.69) is 33.0 Å². The molecule has 0 aromatic heterocycles.